The zero-order chi connectivity index (χ0) is 12.3. The summed E-state index contributed by atoms with van der Waals surface area (Å²) in [5, 5.41) is 11.9. The maximum Gasteiger partial charge on any atom is 0.273 e. The molecule has 1 aromatic carbocycles. The van der Waals surface area contributed by atoms with E-state index in [9.17, 15) is 9.90 Å². The second kappa shape index (κ2) is 3.23. The molecule has 0 fully saturated rings. The summed E-state index contributed by atoms with van der Waals surface area (Å²) in [5.41, 5.74) is 2.55. The molecule has 0 saturated carbocycles. The van der Waals surface area contributed by atoms with Crippen molar-refractivity contribution in [2.45, 2.75) is 18.6 Å². The molecule has 0 bridgehead atoms. The van der Waals surface area contributed by atoms with Crippen molar-refractivity contribution < 1.29 is 9.90 Å². The van der Waals surface area contributed by atoms with E-state index in [1.54, 1.807) is 9.69 Å². The number of amides is 1. The third kappa shape index (κ3) is 1.06. The fraction of sp³-hybridized carbons (Fsp3) is 0.214. The largest absolute Gasteiger partial charge is 0.387 e. The van der Waals surface area contributed by atoms with Crippen LogP contribution in [0.4, 0.5) is 0 Å². The predicted octanol–water partition coefficient (Wildman–Crippen LogP) is 1.76. The number of aliphatic hydroxyl groups excluding tert-OH is 1. The number of fused-ring (bicyclic) bond motifs is 5. The van der Waals surface area contributed by atoms with Gasteiger partial charge < -0.3 is 5.11 Å². The van der Waals surface area contributed by atoms with Crippen molar-refractivity contribution in [1.82, 2.24) is 4.68 Å². The lowest BCUT2D eigenvalue weighted by Gasteiger charge is -2.35. The Bertz CT molecular complexity index is 647. The molecular weight excluding hydrogens is 228 g/mol. The molecule has 0 saturated heterocycles. The second-order valence-electron chi connectivity index (χ2n) is 4.78. The molecule has 1 N–H and O–H groups in total. The highest BCUT2D eigenvalue weighted by Crippen LogP contribution is 2.42. The molecule has 0 aliphatic carbocycles. The van der Waals surface area contributed by atoms with E-state index in [2.05, 4.69) is 0 Å². The molecule has 2 unspecified atom stereocenters. The first-order valence-corrected chi connectivity index (χ1v) is 6.05. The van der Waals surface area contributed by atoms with Crippen molar-refractivity contribution >= 4 is 5.91 Å². The van der Waals surface area contributed by atoms with Gasteiger partial charge in [0.15, 0.2) is 0 Å². The highest BCUT2D eigenvalue weighted by atomic mass is 16.3. The summed E-state index contributed by atoms with van der Waals surface area (Å²) in [5.74, 6) is 0.0138. The van der Waals surface area contributed by atoms with Crippen LogP contribution in [0, 0.1) is 0 Å². The van der Waals surface area contributed by atoms with Crippen LogP contribution >= 0.6 is 0 Å². The number of nitrogens with zero attached hydrogens (tertiary/aromatic N) is 2. The molecule has 2 aromatic rings. The molecular formula is C14H12N2O2. The van der Waals surface area contributed by atoms with Crippen molar-refractivity contribution in [3.63, 3.8) is 0 Å². The maximum atomic E-state index is 12.4. The molecule has 2 aliphatic rings. The minimum absolute atomic E-state index is 0.0138. The Kier molecular flexibility index (Phi) is 1.78. The monoisotopic (exact) mass is 240 g/mol. The highest BCUT2D eigenvalue weighted by Gasteiger charge is 2.43. The van der Waals surface area contributed by atoms with Gasteiger partial charge in [-0.3, -0.25) is 9.47 Å². The molecule has 4 nitrogen and oxygen atoms in total. The van der Waals surface area contributed by atoms with E-state index in [0.717, 1.165) is 16.8 Å². The van der Waals surface area contributed by atoms with Crippen molar-refractivity contribution in [3.05, 3.63) is 59.4 Å². The number of benzene rings is 1. The summed E-state index contributed by atoms with van der Waals surface area (Å²) in [7, 11) is 0. The Morgan fingerprint density at radius 3 is 2.89 bits per heavy atom. The van der Waals surface area contributed by atoms with Gasteiger partial charge in [0.1, 0.15) is 0 Å². The van der Waals surface area contributed by atoms with Crippen molar-refractivity contribution in [2.24, 2.45) is 0 Å². The molecule has 3 heterocycles. The maximum absolute atomic E-state index is 12.4. The van der Waals surface area contributed by atoms with Gasteiger partial charge in [-0.2, -0.15) is 0 Å². The molecule has 2 atom stereocenters. The molecule has 4 heteroatoms. The van der Waals surface area contributed by atoms with Crippen LogP contribution < -0.4 is 5.01 Å². The standard InChI is InChI=1S/C14H12N2O2/c17-13-8-12-9-4-1-2-5-10(9)14(18)16(12)15-7-3-6-11(13)15/h1-7,12-13,17H,8H2. The third-order valence-corrected chi connectivity index (χ3v) is 3.83. The number of aliphatic hydroxyl groups is 1. The van der Waals surface area contributed by atoms with Crippen molar-refractivity contribution in [2.75, 3.05) is 5.01 Å². The average Bonchev–Trinajstić information content (AvgIpc) is 2.95. The molecule has 2 aliphatic heterocycles. The zero-order valence-electron chi connectivity index (χ0n) is 9.65. The Hall–Kier alpha value is -2.07. The SMILES string of the molecule is O=C1c2ccccc2C2CC(O)c3cccn3N12. The van der Waals surface area contributed by atoms with Crippen LogP contribution in [0.5, 0.6) is 0 Å². The number of rotatable bonds is 0. The van der Waals surface area contributed by atoms with Gasteiger partial charge in [0.25, 0.3) is 5.91 Å². The second-order valence-corrected chi connectivity index (χ2v) is 4.78. The minimum atomic E-state index is -0.514. The molecule has 90 valence electrons. The van der Waals surface area contributed by atoms with E-state index in [0.29, 0.717) is 6.42 Å². The van der Waals surface area contributed by atoms with E-state index in [1.807, 2.05) is 42.6 Å². The van der Waals surface area contributed by atoms with E-state index in [-0.39, 0.29) is 11.9 Å². The van der Waals surface area contributed by atoms with E-state index >= 15 is 0 Å². The summed E-state index contributed by atoms with van der Waals surface area (Å²) in [6.07, 6.45) is 1.88. The fourth-order valence-electron chi connectivity index (χ4n) is 3.03. The van der Waals surface area contributed by atoms with Gasteiger partial charge in [0.05, 0.1) is 17.8 Å². The van der Waals surface area contributed by atoms with Crippen LogP contribution in [0.15, 0.2) is 42.6 Å². The zero-order valence-corrected chi connectivity index (χ0v) is 9.65. The summed E-state index contributed by atoms with van der Waals surface area (Å²) < 4.78 is 1.78. The minimum Gasteiger partial charge on any atom is -0.387 e. The van der Waals surface area contributed by atoms with Gasteiger partial charge in [0.2, 0.25) is 0 Å². The van der Waals surface area contributed by atoms with Crippen molar-refractivity contribution in [1.29, 1.82) is 0 Å². The lowest BCUT2D eigenvalue weighted by atomic mass is 9.98. The summed E-state index contributed by atoms with van der Waals surface area (Å²) >= 11 is 0. The van der Waals surface area contributed by atoms with Crippen LogP contribution in [-0.4, -0.2) is 15.7 Å². The molecule has 1 aromatic heterocycles. The van der Waals surface area contributed by atoms with Gasteiger partial charge in [-0.1, -0.05) is 18.2 Å². The molecule has 4 rings (SSSR count). The van der Waals surface area contributed by atoms with Gasteiger partial charge >= 0.3 is 0 Å². The number of carbonyl (C=O) groups excluding carboxylic acids is 1. The first-order valence-electron chi connectivity index (χ1n) is 6.05. The third-order valence-electron chi connectivity index (χ3n) is 3.83. The normalized spacial score (nSPS) is 24.7. The van der Waals surface area contributed by atoms with E-state index in [1.165, 1.54) is 0 Å². The van der Waals surface area contributed by atoms with Crippen molar-refractivity contribution in [3.8, 4) is 0 Å². The summed E-state index contributed by atoms with van der Waals surface area (Å²) in [4.78, 5) is 12.4. The Labute approximate surface area is 104 Å². The van der Waals surface area contributed by atoms with Gasteiger partial charge in [-0.25, -0.2) is 5.01 Å². The first kappa shape index (κ1) is 9.91. The average molecular weight is 240 g/mol. The fourth-order valence-corrected chi connectivity index (χ4v) is 3.03. The van der Waals surface area contributed by atoms with Gasteiger partial charge in [0, 0.05) is 18.2 Å². The van der Waals surface area contributed by atoms with Gasteiger partial charge in [-0.05, 0) is 23.8 Å². The Morgan fingerprint density at radius 1 is 1.17 bits per heavy atom. The Balaban J connectivity index is 1.95. The van der Waals surface area contributed by atoms with Crippen LogP contribution in [0.2, 0.25) is 0 Å². The lowest BCUT2D eigenvalue weighted by molar-refractivity contribution is 0.0888. The van der Waals surface area contributed by atoms with E-state index < -0.39 is 6.10 Å². The topological polar surface area (TPSA) is 45.5 Å². The van der Waals surface area contributed by atoms with Crippen LogP contribution in [-0.2, 0) is 0 Å². The number of carbonyl (C=O) groups is 1. The number of hydrogen-bond acceptors (Lipinski definition) is 2. The lowest BCUT2D eigenvalue weighted by Crippen LogP contribution is -2.43. The first-order chi connectivity index (χ1) is 8.77. The van der Waals surface area contributed by atoms with Crippen LogP contribution in [0.1, 0.15) is 40.2 Å². The van der Waals surface area contributed by atoms with Gasteiger partial charge in [-0.15, -0.1) is 0 Å². The number of aromatic nitrogens is 1. The quantitative estimate of drug-likeness (QED) is 0.762. The molecule has 0 radical (unpaired) electrons. The smallest absolute Gasteiger partial charge is 0.273 e. The molecule has 1 amide bonds. The van der Waals surface area contributed by atoms with E-state index in [4.69, 9.17) is 0 Å². The summed E-state index contributed by atoms with van der Waals surface area (Å²) in [6.45, 7) is 0. The predicted molar refractivity (Wildman–Crippen MR) is 65.7 cm³/mol. The van der Waals surface area contributed by atoms with Crippen LogP contribution in [0.3, 0.4) is 0 Å². The highest BCUT2D eigenvalue weighted by molar-refractivity contribution is 6.06. The van der Waals surface area contributed by atoms with Crippen LogP contribution in [0.25, 0.3) is 0 Å². The molecule has 18 heavy (non-hydrogen) atoms. The Morgan fingerprint density at radius 2 is 2.00 bits per heavy atom. The number of hydrogen-bond donors (Lipinski definition) is 1. The summed E-state index contributed by atoms with van der Waals surface area (Å²) in [6, 6.07) is 11.3. The molecule has 0 spiro atoms.